The molecule has 0 radical (unpaired) electrons. The third kappa shape index (κ3) is 1.69. The number of nitrogens with two attached hydrogens (primary N) is 1. The molecule has 1 fully saturated rings. The molecule has 0 bridgehead atoms. The summed E-state index contributed by atoms with van der Waals surface area (Å²) in [5, 5.41) is 9.05. The Bertz CT molecular complexity index is 431. The van der Waals surface area contributed by atoms with Crippen LogP contribution < -0.4 is 5.73 Å². The monoisotopic (exact) mass is 217 g/mol. The number of hydrogen-bond acceptors (Lipinski definition) is 2. The summed E-state index contributed by atoms with van der Waals surface area (Å²) in [5.74, 6) is 1.41. The Morgan fingerprint density at radius 3 is 2.50 bits per heavy atom. The summed E-state index contributed by atoms with van der Waals surface area (Å²) in [6.45, 7) is 5.02. The molecule has 0 aliphatic heterocycles. The first-order valence-corrected chi connectivity index (χ1v) is 6.00. The van der Waals surface area contributed by atoms with E-state index in [1.54, 1.807) is 0 Å². The standard InChI is InChI=1S/C13H19N3/c1-9-10(2)16(13(15)12(9)7-14)8-11-5-3-4-6-11/h11H,3-6,8,15H2,1-2H3. The van der Waals surface area contributed by atoms with Gasteiger partial charge in [0, 0.05) is 12.2 Å². The Kier molecular flexibility index (Phi) is 2.91. The molecule has 3 heteroatoms. The van der Waals surface area contributed by atoms with E-state index in [2.05, 4.69) is 17.6 Å². The van der Waals surface area contributed by atoms with Crippen LogP contribution >= 0.6 is 0 Å². The topological polar surface area (TPSA) is 54.7 Å². The molecule has 0 spiro atoms. The SMILES string of the molecule is Cc1c(C#N)c(N)n(CC2CCCC2)c1C. The minimum absolute atomic E-state index is 0.657. The zero-order valence-electron chi connectivity index (χ0n) is 10.1. The van der Waals surface area contributed by atoms with Crippen LogP contribution in [0.4, 0.5) is 5.82 Å². The Balaban J connectivity index is 2.30. The summed E-state index contributed by atoms with van der Waals surface area (Å²) < 4.78 is 2.13. The Morgan fingerprint density at radius 1 is 1.38 bits per heavy atom. The Morgan fingerprint density at radius 2 is 2.00 bits per heavy atom. The molecule has 3 nitrogen and oxygen atoms in total. The van der Waals surface area contributed by atoms with E-state index < -0.39 is 0 Å². The fraction of sp³-hybridized carbons (Fsp3) is 0.615. The zero-order valence-corrected chi connectivity index (χ0v) is 10.1. The van der Waals surface area contributed by atoms with Crippen LogP contribution in [0, 0.1) is 31.1 Å². The molecule has 1 saturated carbocycles. The van der Waals surface area contributed by atoms with Crippen molar-refractivity contribution < 1.29 is 0 Å². The van der Waals surface area contributed by atoms with Crippen LogP contribution in [0.25, 0.3) is 0 Å². The number of rotatable bonds is 2. The summed E-state index contributed by atoms with van der Waals surface area (Å²) >= 11 is 0. The second-order valence-corrected chi connectivity index (χ2v) is 4.84. The van der Waals surface area contributed by atoms with Gasteiger partial charge in [-0.3, -0.25) is 0 Å². The maximum absolute atomic E-state index is 9.05. The number of nitriles is 1. The van der Waals surface area contributed by atoms with E-state index >= 15 is 0 Å². The van der Waals surface area contributed by atoms with Gasteiger partial charge in [-0.25, -0.2) is 0 Å². The van der Waals surface area contributed by atoms with Gasteiger partial charge in [0.05, 0.1) is 5.56 Å². The van der Waals surface area contributed by atoms with Crippen molar-refractivity contribution in [2.45, 2.75) is 46.1 Å². The van der Waals surface area contributed by atoms with Crippen molar-refractivity contribution in [2.24, 2.45) is 5.92 Å². The normalized spacial score (nSPS) is 16.6. The molecule has 0 unspecified atom stereocenters. The summed E-state index contributed by atoms with van der Waals surface area (Å²) in [7, 11) is 0. The Hall–Kier alpha value is -1.43. The molecule has 0 atom stereocenters. The first-order chi connectivity index (χ1) is 7.65. The lowest BCUT2D eigenvalue weighted by Crippen LogP contribution is -2.11. The number of nitrogens with zero attached hydrogens (tertiary/aromatic N) is 2. The first kappa shape index (κ1) is 11.1. The molecule has 1 aromatic heterocycles. The summed E-state index contributed by atoms with van der Waals surface area (Å²) in [6.07, 6.45) is 5.29. The summed E-state index contributed by atoms with van der Waals surface area (Å²) in [6, 6.07) is 2.20. The Labute approximate surface area is 96.9 Å². The average Bonchev–Trinajstić information content (AvgIpc) is 2.83. The van der Waals surface area contributed by atoms with Gasteiger partial charge in [-0.1, -0.05) is 12.8 Å². The molecule has 1 aromatic rings. The lowest BCUT2D eigenvalue weighted by molar-refractivity contribution is 0.456. The van der Waals surface area contributed by atoms with Gasteiger partial charge in [0.2, 0.25) is 0 Å². The van der Waals surface area contributed by atoms with Gasteiger partial charge < -0.3 is 10.3 Å². The predicted molar refractivity (Wildman–Crippen MR) is 65.0 cm³/mol. The number of hydrogen-bond donors (Lipinski definition) is 1. The quantitative estimate of drug-likeness (QED) is 0.828. The molecule has 0 aromatic carbocycles. The lowest BCUT2D eigenvalue weighted by atomic mass is 10.1. The molecular formula is C13H19N3. The zero-order chi connectivity index (χ0) is 11.7. The smallest absolute Gasteiger partial charge is 0.122 e. The van der Waals surface area contributed by atoms with E-state index in [4.69, 9.17) is 11.0 Å². The van der Waals surface area contributed by atoms with E-state index in [0.29, 0.717) is 11.4 Å². The first-order valence-electron chi connectivity index (χ1n) is 6.00. The van der Waals surface area contributed by atoms with Gasteiger partial charge in [0.15, 0.2) is 0 Å². The van der Waals surface area contributed by atoms with Gasteiger partial charge in [-0.2, -0.15) is 5.26 Å². The van der Waals surface area contributed by atoms with Gasteiger partial charge in [-0.15, -0.1) is 0 Å². The van der Waals surface area contributed by atoms with E-state index in [0.717, 1.165) is 23.7 Å². The number of nitrogen functional groups attached to an aromatic ring is 1. The van der Waals surface area contributed by atoms with Crippen molar-refractivity contribution in [1.82, 2.24) is 4.57 Å². The summed E-state index contributed by atoms with van der Waals surface area (Å²) in [5.41, 5.74) is 8.89. The van der Waals surface area contributed by atoms with E-state index in [-0.39, 0.29) is 0 Å². The molecule has 86 valence electrons. The molecule has 16 heavy (non-hydrogen) atoms. The molecular weight excluding hydrogens is 198 g/mol. The fourth-order valence-electron chi connectivity index (χ4n) is 2.72. The lowest BCUT2D eigenvalue weighted by Gasteiger charge is -2.14. The number of aromatic nitrogens is 1. The highest BCUT2D eigenvalue weighted by atomic mass is 15.1. The highest BCUT2D eigenvalue weighted by Crippen LogP contribution is 2.30. The van der Waals surface area contributed by atoms with Crippen molar-refractivity contribution in [3.05, 3.63) is 16.8 Å². The van der Waals surface area contributed by atoms with Crippen LogP contribution in [0.1, 0.15) is 42.5 Å². The predicted octanol–water partition coefficient (Wildman–Crippen LogP) is 2.75. The van der Waals surface area contributed by atoms with Gasteiger partial charge in [0.25, 0.3) is 0 Å². The van der Waals surface area contributed by atoms with Crippen LogP contribution in [0.5, 0.6) is 0 Å². The van der Waals surface area contributed by atoms with Gasteiger partial charge >= 0.3 is 0 Å². The largest absolute Gasteiger partial charge is 0.384 e. The van der Waals surface area contributed by atoms with Crippen molar-refractivity contribution in [2.75, 3.05) is 5.73 Å². The fourth-order valence-corrected chi connectivity index (χ4v) is 2.72. The second kappa shape index (κ2) is 4.21. The van der Waals surface area contributed by atoms with E-state index in [1.165, 1.54) is 25.7 Å². The minimum Gasteiger partial charge on any atom is -0.384 e. The molecule has 2 rings (SSSR count). The third-order valence-corrected chi connectivity index (χ3v) is 3.90. The van der Waals surface area contributed by atoms with Gasteiger partial charge in [-0.05, 0) is 38.2 Å². The average molecular weight is 217 g/mol. The second-order valence-electron chi connectivity index (χ2n) is 4.84. The van der Waals surface area contributed by atoms with E-state index in [9.17, 15) is 0 Å². The van der Waals surface area contributed by atoms with E-state index in [1.807, 2.05) is 6.92 Å². The van der Waals surface area contributed by atoms with Gasteiger partial charge in [0.1, 0.15) is 11.9 Å². The number of anilines is 1. The molecule has 1 aliphatic rings. The molecule has 0 amide bonds. The van der Waals surface area contributed by atoms with Crippen molar-refractivity contribution >= 4 is 5.82 Å². The van der Waals surface area contributed by atoms with Crippen LogP contribution in [0.3, 0.4) is 0 Å². The third-order valence-electron chi connectivity index (χ3n) is 3.90. The highest BCUT2D eigenvalue weighted by Gasteiger charge is 2.20. The van der Waals surface area contributed by atoms with Crippen LogP contribution in [-0.2, 0) is 6.54 Å². The molecule has 0 saturated heterocycles. The maximum Gasteiger partial charge on any atom is 0.122 e. The van der Waals surface area contributed by atoms with Crippen LogP contribution in [-0.4, -0.2) is 4.57 Å². The molecule has 1 aliphatic carbocycles. The summed E-state index contributed by atoms with van der Waals surface area (Å²) in [4.78, 5) is 0. The van der Waals surface area contributed by atoms with Crippen molar-refractivity contribution in [1.29, 1.82) is 5.26 Å². The molecule has 1 heterocycles. The maximum atomic E-state index is 9.05. The van der Waals surface area contributed by atoms with Crippen molar-refractivity contribution in [3.63, 3.8) is 0 Å². The van der Waals surface area contributed by atoms with Crippen LogP contribution in [0.2, 0.25) is 0 Å². The van der Waals surface area contributed by atoms with Crippen LogP contribution in [0.15, 0.2) is 0 Å². The minimum atomic E-state index is 0.657. The molecule has 2 N–H and O–H groups in total. The highest BCUT2D eigenvalue weighted by molar-refractivity contribution is 5.57. The van der Waals surface area contributed by atoms with Crippen molar-refractivity contribution in [3.8, 4) is 6.07 Å².